The van der Waals surface area contributed by atoms with Gasteiger partial charge in [0.05, 0.1) is 24.1 Å². The highest BCUT2D eigenvalue weighted by molar-refractivity contribution is 9.09. The van der Waals surface area contributed by atoms with E-state index < -0.39 is 65.1 Å². The summed E-state index contributed by atoms with van der Waals surface area (Å²) in [7, 11) is 0. The third kappa shape index (κ3) is 8.02. The van der Waals surface area contributed by atoms with Crippen LogP contribution < -0.4 is 10.6 Å². The normalized spacial score (nSPS) is 32.2. The first kappa shape index (κ1) is 42.8. The van der Waals surface area contributed by atoms with Gasteiger partial charge in [0, 0.05) is 46.8 Å². The van der Waals surface area contributed by atoms with Gasteiger partial charge in [-0.25, -0.2) is 0 Å². The number of rotatable bonds is 15. The molecular weight excluding hydrogens is 824 g/mol. The van der Waals surface area contributed by atoms with E-state index in [4.69, 9.17) is 9.47 Å². The van der Waals surface area contributed by atoms with Crippen LogP contribution in [0.2, 0.25) is 0 Å². The fourth-order valence-electron chi connectivity index (χ4n) is 11.1. The van der Waals surface area contributed by atoms with Crippen molar-refractivity contribution < 1.29 is 53.6 Å². The number of carboxylic acids is 1. The Hall–Kier alpha value is -4.34. The molecule has 2 aromatic rings. The van der Waals surface area contributed by atoms with Crippen molar-refractivity contribution in [1.82, 2.24) is 5.32 Å². The minimum Gasteiger partial charge on any atom is -0.481 e. The van der Waals surface area contributed by atoms with E-state index in [-0.39, 0.29) is 66.4 Å². The third-order valence-electron chi connectivity index (χ3n) is 13.8. The Kier molecular flexibility index (Phi) is 12.3. The summed E-state index contributed by atoms with van der Waals surface area (Å²) in [5.74, 6) is -3.82. The van der Waals surface area contributed by atoms with Crippen molar-refractivity contribution in [2.45, 2.75) is 89.3 Å². The molecule has 2 amide bonds. The first-order valence-corrected chi connectivity index (χ1v) is 21.4. The van der Waals surface area contributed by atoms with Gasteiger partial charge < -0.3 is 35.4 Å². The average Bonchev–Trinajstić information content (AvgIpc) is 3.71. The minimum atomic E-state index is -1.45. The maximum Gasteiger partial charge on any atom is 0.303 e. The second-order valence-corrected chi connectivity index (χ2v) is 17.8. The minimum absolute atomic E-state index is 0.0129. The molecule has 2 aromatic carbocycles. The Morgan fingerprint density at radius 1 is 1.05 bits per heavy atom. The number of aliphatic carboxylic acids is 1. The fourth-order valence-corrected chi connectivity index (χ4v) is 11.3. The summed E-state index contributed by atoms with van der Waals surface area (Å²) in [5.41, 5.74) is 1.33. The number of carbonyl (C=O) groups excluding carboxylic acids is 5. The molecule has 3 saturated carbocycles. The molecule has 4 fully saturated rings. The maximum atomic E-state index is 13.9. The highest BCUT2D eigenvalue weighted by Gasteiger charge is 2.75. The Labute approximate surface area is 351 Å². The molecule has 5 N–H and O–H groups in total. The zero-order valence-electron chi connectivity index (χ0n) is 33.2. The number of Topliss-reactive ketones (excluding diaryl/α,β-unsaturated/α-hetero) is 2. The molecule has 0 bridgehead atoms. The monoisotopic (exact) mass is 874 g/mol. The topological polar surface area (TPSA) is 206 Å². The Bertz CT molecular complexity index is 2080. The van der Waals surface area contributed by atoms with Gasteiger partial charge in [-0.3, -0.25) is 28.8 Å². The molecule has 1 saturated heterocycles. The molecule has 1 aliphatic heterocycles. The Morgan fingerprint density at radius 3 is 2.53 bits per heavy atom. The smallest absolute Gasteiger partial charge is 0.303 e. The number of benzene rings is 2. The first-order valence-electron chi connectivity index (χ1n) is 20.3. The molecule has 10 atom stereocenters. The summed E-state index contributed by atoms with van der Waals surface area (Å²) < 4.78 is 13.4. The number of nitrogens with one attached hydrogen (secondary N) is 2. The standard InChI is InChI=1S/C45H51BrN2O11/c1-43-15-14-31(50)19-29(43)11-12-33-34-20-37-45(36(53)24-49,44(34,2)21-35(52)40(33)43)59-42(58-37)27-8-6-25(7-9-27)16-26-4-3-5-30(17-26)48-41(57)28(10-13-39(55)56)18-32(51)23-47-38(54)22-46/h3-9,14-15,17,19,28,33-35,37,40,42,49,52H,10-13,16,18,20-24H2,1-2H3,(H,47,54)(H,48,57)(H,55,56)/t28-,33+,34+,35+,37-,40-,42-,43+,44+,45-/m1/s1. The predicted molar refractivity (Wildman–Crippen MR) is 218 cm³/mol. The van der Waals surface area contributed by atoms with Gasteiger partial charge >= 0.3 is 5.97 Å². The lowest BCUT2D eigenvalue weighted by atomic mass is 9.46. The lowest BCUT2D eigenvalue weighted by Crippen LogP contribution is -2.63. The predicted octanol–water partition coefficient (Wildman–Crippen LogP) is 4.77. The summed E-state index contributed by atoms with van der Waals surface area (Å²) in [4.78, 5) is 74.8. The van der Waals surface area contributed by atoms with Crippen LogP contribution in [0.15, 0.2) is 72.3 Å². The van der Waals surface area contributed by atoms with Crippen LogP contribution in [0.4, 0.5) is 5.69 Å². The van der Waals surface area contributed by atoms with Crippen LogP contribution in [0.25, 0.3) is 0 Å². The van der Waals surface area contributed by atoms with Crippen molar-refractivity contribution in [3.05, 3.63) is 89.0 Å². The van der Waals surface area contributed by atoms with Crippen LogP contribution >= 0.6 is 15.9 Å². The van der Waals surface area contributed by atoms with Crippen LogP contribution in [0.1, 0.15) is 81.8 Å². The van der Waals surface area contributed by atoms with E-state index in [1.165, 1.54) is 0 Å². The zero-order valence-corrected chi connectivity index (χ0v) is 34.7. The number of aliphatic hydroxyl groups excluding tert-OH is 2. The largest absolute Gasteiger partial charge is 0.481 e. The molecule has 59 heavy (non-hydrogen) atoms. The van der Waals surface area contributed by atoms with Crippen molar-refractivity contribution >= 4 is 56.8 Å². The highest BCUT2D eigenvalue weighted by atomic mass is 79.9. The average molecular weight is 876 g/mol. The molecule has 0 aromatic heterocycles. The van der Waals surface area contributed by atoms with Crippen molar-refractivity contribution in [1.29, 1.82) is 0 Å². The highest BCUT2D eigenvalue weighted by Crippen LogP contribution is 2.70. The number of carboxylic acid groups (broad SMARTS) is 1. The van der Waals surface area contributed by atoms with Gasteiger partial charge in [-0.05, 0) is 85.8 Å². The van der Waals surface area contributed by atoms with Crippen molar-refractivity contribution in [3.63, 3.8) is 0 Å². The second kappa shape index (κ2) is 17.0. The first-order chi connectivity index (χ1) is 28.1. The van der Waals surface area contributed by atoms with E-state index in [1.54, 1.807) is 30.4 Å². The number of hydrogen-bond donors (Lipinski definition) is 5. The number of halogens is 1. The van der Waals surface area contributed by atoms with Gasteiger partial charge in [0.15, 0.2) is 29.2 Å². The summed E-state index contributed by atoms with van der Waals surface area (Å²) in [6.45, 7) is 3.13. The molecular formula is C45H51BrN2O11. The summed E-state index contributed by atoms with van der Waals surface area (Å²) in [6, 6.07) is 14.8. The molecule has 13 nitrogen and oxygen atoms in total. The van der Waals surface area contributed by atoms with Crippen molar-refractivity contribution in [2.24, 2.45) is 34.5 Å². The second-order valence-electron chi connectivity index (χ2n) is 17.2. The molecule has 1 heterocycles. The molecule has 4 aliphatic carbocycles. The van der Waals surface area contributed by atoms with Crippen molar-refractivity contribution in [2.75, 3.05) is 23.8 Å². The van der Waals surface area contributed by atoms with Gasteiger partial charge in [-0.15, -0.1) is 0 Å². The Morgan fingerprint density at radius 2 is 1.81 bits per heavy atom. The number of hydrogen-bond acceptors (Lipinski definition) is 10. The molecule has 0 spiro atoms. The van der Waals surface area contributed by atoms with E-state index in [0.717, 1.165) is 29.5 Å². The van der Waals surface area contributed by atoms with Crippen LogP contribution in [-0.2, 0) is 44.7 Å². The molecule has 314 valence electrons. The van der Waals surface area contributed by atoms with E-state index in [0.29, 0.717) is 30.5 Å². The molecule has 14 heteroatoms. The molecule has 5 aliphatic rings. The number of amides is 2. The molecule has 0 radical (unpaired) electrons. The molecule has 0 unspecified atom stereocenters. The molecule has 7 rings (SSSR count). The van der Waals surface area contributed by atoms with E-state index in [9.17, 15) is 44.1 Å². The number of carbonyl (C=O) groups is 6. The lowest BCUT2D eigenvalue weighted by Gasteiger charge is -2.59. The lowest BCUT2D eigenvalue weighted by molar-refractivity contribution is -0.201. The zero-order chi connectivity index (χ0) is 42.3. The van der Waals surface area contributed by atoms with E-state index in [2.05, 4.69) is 33.5 Å². The van der Waals surface area contributed by atoms with Crippen molar-refractivity contribution in [3.8, 4) is 0 Å². The number of ether oxygens (including phenoxy) is 2. The quantitative estimate of drug-likeness (QED) is 0.154. The summed E-state index contributed by atoms with van der Waals surface area (Å²) >= 11 is 3.01. The summed E-state index contributed by atoms with van der Waals surface area (Å²) in [6.07, 6.45) is 5.27. The maximum absolute atomic E-state index is 13.9. The van der Waals surface area contributed by atoms with Gasteiger partial charge in [0.25, 0.3) is 0 Å². The van der Waals surface area contributed by atoms with Gasteiger partial charge in [0.1, 0.15) is 6.61 Å². The van der Waals surface area contributed by atoms with Gasteiger partial charge in [0.2, 0.25) is 11.8 Å². The number of fused-ring (bicyclic) bond motifs is 7. The number of anilines is 1. The van der Waals surface area contributed by atoms with E-state index >= 15 is 0 Å². The third-order valence-corrected chi connectivity index (χ3v) is 14.3. The number of ketones is 3. The van der Waals surface area contributed by atoms with Gasteiger partial charge in [-0.2, -0.15) is 0 Å². The number of allylic oxidation sites excluding steroid dienone is 4. The van der Waals surface area contributed by atoms with Crippen LogP contribution in [0.5, 0.6) is 0 Å². The van der Waals surface area contributed by atoms with Crippen LogP contribution in [0.3, 0.4) is 0 Å². The van der Waals surface area contributed by atoms with E-state index in [1.807, 2.05) is 43.3 Å². The summed E-state index contributed by atoms with van der Waals surface area (Å²) in [5, 5.41) is 36.8. The number of alkyl halides is 1. The van der Waals surface area contributed by atoms with Gasteiger partial charge in [-0.1, -0.05) is 77.8 Å². The Balaban J connectivity index is 1.03. The van der Waals surface area contributed by atoms with Crippen LogP contribution in [-0.4, -0.2) is 86.7 Å². The SMILES string of the molecule is C[C@]12C=CC(=O)C=C1CC[C@@H]1[C@@H]2[C@@H](O)C[C@@]2(C)[C@H]1C[C@H]1O[C@@H](c3ccc(Cc4cccc(NC(=O)[C@H](CCC(=O)O)CC(=O)CNC(=O)CBr)c4)cc3)O[C@]12C(=O)CO. The van der Waals surface area contributed by atoms with Crippen LogP contribution in [0, 0.1) is 34.5 Å². The number of aliphatic hydroxyl groups is 2. The fraction of sp³-hybridized carbons (Fsp3) is 0.511.